The molecule has 2 rings (SSSR count). The maximum Gasteiger partial charge on any atom is 0.167 e. The normalized spacial score (nSPS) is 10.4. The summed E-state index contributed by atoms with van der Waals surface area (Å²) in [5.74, 6) is -1.95. The molecule has 0 unspecified atom stereocenters. The maximum absolute atomic E-state index is 13.3. The topological polar surface area (TPSA) is 24.9 Å². The second kappa shape index (κ2) is 4.63. The molecule has 6 heteroatoms. The molecule has 0 spiro atoms. The lowest BCUT2D eigenvalue weighted by Crippen LogP contribution is -1.97. The Labute approximate surface area is 100 Å². The first-order valence-corrected chi connectivity index (χ1v) is 4.98. The smallest absolute Gasteiger partial charge is 0.167 e. The molecular formula is C11H6ClF3N2. The fourth-order valence-corrected chi connectivity index (χ4v) is 1.37. The van der Waals surface area contributed by atoms with Crippen molar-refractivity contribution in [1.29, 1.82) is 0 Å². The number of pyridine rings is 1. The van der Waals surface area contributed by atoms with Gasteiger partial charge in [0.15, 0.2) is 11.0 Å². The van der Waals surface area contributed by atoms with Gasteiger partial charge in [0.1, 0.15) is 17.5 Å². The van der Waals surface area contributed by atoms with E-state index in [1.165, 1.54) is 12.1 Å². The second-order valence-corrected chi connectivity index (χ2v) is 3.58. The zero-order chi connectivity index (χ0) is 12.4. The van der Waals surface area contributed by atoms with Crippen molar-refractivity contribution in [3.05, 3.63) is 52.9 Å². The molecule has 0 aliphatic heterocycles. The summed E-state index contributed by atoms with van der Waals surface area (Å²) in [5.41, 5.74) is 0.0292. The Morgan fingerprint density at radius 2 is 1.76 bits per heavy atom. The molecule has 17 heavy (non-hydrogen) atoms. The van der Waals surface area contributed by atoms with E-state index in [9.17, 15) is 13.2 Å². The van der Waals surface area contributed by atoms with Crippen molar-refractivity contribution in [3.63, 3.8) is 0 Å². The highest BCUT2D eigenvalue weighted by Crippen LogP contribution is 2.21. The van der Waals surface area contributed by atoms with E-state index in [1.807, 2.05) is 0 Å². The van der Waals surface area contributed by atoms with Crippen LogP contribution < -0.4 is 5.32 Å². The van der Waals surface area contributed by atoms with Crippen molar-refractivity contribution in [1.82, 2.24) is 4.98 Å². The largest absolute Gasteiger partial charge is 0.338 e. The van der Waals surface area contributed by atoms with Crippen LogP contribution in [0.1, 0.15) is 0 Å². The number of rotatable bonds is 2. The standard InChI is InChI=1S/C11H6ClF3N2/c12-11-7(14)2-4-10(17-11)16-9-3-1-6(13)5-8(9)15/h1-5H,(H,16,17). The van der Waals surface area contributed by atoms with E-state index in [0.29, 0.717) is 0 Å². The van der Waals surface area contributed by atoms with Gasteiger partial charge < -0.3 is 5.32 Å². The zero-order valence-electron chi connectivity index (χ0n) is 8.35. The first kappa shape index (κ1) is 11.7. The van der Waals surface area contributed by atoms with Gasteiger partial charge in [0.25, 0.3) is 0 Å². The number of nitrogens with one attached hydrogen (secondary N) is 1. The molecule has 0 aliphatic carbocycles. The first-order valence-electron chi connectivity index (χ1n) is 4.60. The Morgan fingerprint density at radius 1 is 1.00 bits per heavy atom. The summed E-state index contributed by atoms with van der Waals surface area (Å²) in [7, 11) is 0. The predicted octanol–water partition coefficient (Wildman–Crippen LogP) is 3.90. The number of anilines is 2. The Morgan fingerprint density at radius 3 is 2.41 bits per heavy atom. The van der Waals surface area contributed by atoms with Crippen molar-refractivity contribution in [2.75, 3.05) is 5.32 Å². The summed E-state index contributed by atoms with van der Waals surface area (Å²) in [6, 6.07) is 5.43. The van der Waals surface area contributed by atoms with Gasteiger partial charge in [-0.25, -0.2) is 18.2 Å². The van der Waals surface area contributed by atoms with Crippen LogP contribution in [0.3, 0.4) is 0 Å². The lowest BCUT2D eigenvalue weighted by molar-refractivity contribution is 0.586. The van der Waals surface area contributed by atoms with Gasteiger partial charge in [-0.05, 0) is 24.3 Å². The third-order valence-electron chi connectivity index (χ3n) is 2.00. The highest BCUT2D eigenvalue weighted by Gasteiger charge is 2.06. The molecule has 0 fully saturated rings. The van der Waals surface area contributed by atoms with Gasteiger partial charge in [0, 0.05) is 6.07 Å². The second-order valence-electron chi connectivity index (χ2n) is 3.22. The molecule has 0 bridgehead atoms. The van der Waals surface area contributed by atoms with Crippen molar-refractivity contribution >= 4 is 23.1 Å². The van der Waals surface area contributed by atoms with Gasteiger partial charge in [0.05, 0.1) is 5.69 Å². The number of hydrogen-bond donors (Lipinski definition) is 1. The fraction of sp³-hybridized carbons (Fsp3) is 0. The van der Waals surface area contributed by atoms with Crippen LogP contribution in [0.4, 0.5) is 24.7 Å². The molecule has 88 valence electrons. The summed E-state index contributed by atoms with van der Waals surface area (Å²) in [6.45, 7) is 0. The van der Waals surface area contributed by atoms with Crippen LogP contribution >= 0.6 is 11.6 Å². The van der Waals surface area contributed by atoms with Crippen LogP contribution in [0.15, 0.2) is 30.3 Å². The summed E-state index contributed by atoms with van der Waals surface area (Å²) >= 11 is 5.47. The SMILES string of the molecule is Fc1ccc(Nc2ccc(F)c(Cl)n2)c(F)c1. The summed E-state index contributed by atoms with van der Waals surface area (Å²) < 4.78 is 38.8. The van der Waals surface area contributed by atoms with Gasteiger partial charge in [-0.15, -0.1) is 0 Å². The molecule has 0 aliphatic rings. The Kier molecular flexibility index (Phi) is 3.19. The van der Waals surface area contributed by atoms with Crippen molar-refractivity contribution in [2.24, 2.45) is 0 Å². The molecule has 0 saturated carbocycles. The summed E-state index contributed by atoms with van der Waals surface area (Å²) in [6.07, 6.45) is 0. The Balaban J connectivity index is 2.28. The molecule has 1 N–H and O–H groups in total. The van der Waals surface area contributed by atoms with Crippen molar-refractivity contribution < 1.29 is 13.2 Å². The van der Waals surface area contributed by atoms with E-state index in [4.69, 9.17) is 11.6 Å². The van der Waals surface area contributed by atoms with E-state index >= 15 is 0 Å². The molecule has 1 aromatic carbocycles. The quantitative estimate of drug-likeness (QED) is 0.827. The number of hydrogen-bond acceptors (Lipinski definition) is 2. The molecule has 0 radical (unpaired) electrons. The maximum atomic E-state index is 13.3. The van der Waals surface area contributed by atoms with Crippen molar-refractivity contribution in [2.45, 2.75) is 0 Å². The predicted molar refractivity (Wildman–Crippen MR) is 58.8 cm³/mol. The average molecular weight is 259 g/mol. The third kappa shape index (κ3) is 2.68. The highest BCUT2D eigenvalue weighted by molar-refractivity contribution is 6.29. The fourth-order valence-electron chi connectivity index (χ4n) is 1.22. The minimum Gasteiger partial charge on any atom is -0.338 e. The van der Waals surface area contributed by atoms with Gasteiger partial charge in [0.2, 0.25) is 0 Å². The zero-order valence-corrected chi connectivity index (χ0v) is 9.10. The Bertz CT molecular complexity index is 560. The molecule has 2 aromatic rings. The molecular weight excluding hydrogens is 253 g/mol. The lowest BCUT2D eigenvalue weighted by atomic mass is 10.3. The van der Waals surface area contributed by atoms with Crippen LogP contribution in [0, 0.1) is 17.5 Å². The average Bonchev–Trinajstić information content (AvgIpc) is 2.27. The van der Waals surface area contributed by atoms with Gasteiger partial charge in [-0.3, -0.25) is 0 Å². The molecule has 0 saturated heterocycles. The van der Waals surface area contributed by atoms with E-state index in [1.54, 1.807) is 0 Å². The molecule has 2 nitrogen and oxygen atoms in total. The van der Waals surface area contributed by atoms with Crippen LogP contribution in [0.5, 0.6) is 0 Å². The third-order valence-corrected chi connectivity index (χ3v) is 2.26. The monoisotopic (exact) mass is 258 g/mol. The molecule has 0 atom stereocenters. The van der Waals surface area contributed by atoms with E-state index in [0.717, 1.165) is 18.2 Å². The molecule has 1 aromatic heterocycles. The van der Waals surface area contributed by atoms with Gasteiger partial charge in [-0.1, -0.05) is 11.6 Å². The Hall–Kier alpha value is -1.75. The molecule has 0 amide bonds. The number of benzene rings is 1. The highest BCUT2D eigenvalue weighted by atomic mass is 35.5. The van der Waals surface area contributed by atoms with E-state index < -0.39 is 17.5 Å². The molecule has 1 heterocycles. The number of aromatic nitrogens is 1. The van der Waals surface area contributed by atoms with E-state index in [2.05, 4.69) is 10.3 Å². The minimum atomic E-state index is -0.771. The van der Waals surface area contributed by atoms with Crippen LogP contribution in [0.2, 0.25) is 5.15 Å². The van der Waals surface area contributed by atoms with E-state index in [-0.39, 0.29) is 16.7 Å². The number of nitrogens with zero attached hydrogens (tertiary/aromatic N) is 1. The lowest BCUT2D eigenvalue weighted by Gasteiger charge is -2.07. The summed E-state index contributed by atoms with van der Waals surface area (Å²) in [5, 5.41) is 2.24. The summed E-state index contributed by atoms with van der Waals surface area (Å²) in [4.78, 5) is 3.65. The van der Waals surface area contributed by atoms with Crippen LogP contribution in [0.25, 0.3) is 0 Å². The van der Waals surface area contributed by atoms with Gasteiger partial charge >= 0.3 is 0 Å². The van der Waals surface area contributed by atoms with Crippen LogP contribution in [-0.2, 0) is 0 Å². The number of halogens is 4. The van der Waals surface area contributed by atoms with Crippen LogP contribution in [-0.4, -0.2) is 4.98 Å². The van der Waals surface area contributed by atoms with Crippen molar-refractivity contribution in [3.8, 4) is 0 Å². The van der Waals surface area contributed by atoms with Gasteiger partial charge in [-0.2, -0.15) is 0 Å². The minimum absolute atomic E-state index is 0.0292. The first-order chi connectivity index (χ1) is 8.06.